The van der Waals surface area contributed by atoms with E-state index in [9.17, 15) is 14.4 Å². The number of carbonyl (C=O) groups is 3. The maximum Gasteiger partial charge on any atom is 0.306 e. The van der Waals surface area contributed by atoms with Crippen molar-refractivity contribution in [1.82, 2.24) is 0 Å². The first kappa shape index (κ1) is 61.6. The largest absolute Gasteiger partial charge is 0.462 e. The lowest BCUT2D eigenvalue weighted by atomic mass is 10.0. The van der Waals surface area contributed by atoms with Crippen LogP contribution in [-0.2, 0) is 28.6 Å². The molecule has 0 spiro atoms. The van der Waals surface area contributed by atoms with E-state index in [-0.39, 0.29) is 31.1 Å². The predicted molar refractivity (Wildman–Crippen MR) is 275 cm³/mol. The molecule has 0 aliphatic rings. The van der Waals surface area contributed by atoms with E-state index in [0.717, 1.165) is 89.9 Å². The van der Waals surface area contributed by atoms with Gasteiger partial charge < -0.3 is 14.2 Å². The minimum atomic E-state index is -0.779. The molecule has 64 heavy (non-hydrogen) atoms. The fraction of sp³-hybridized carbons (Fsp3) is 0.845. The molecule has 0 amide bonds. The Kier molecular flexibility index (Phi) is 51.3. The molecule has 0 rings (SSSR count). The van der Waals surface area contributed by atoms with Crippen molar-refractivity contribution in [1.29, 1.82) is 0 Å². The molecule has 0 heterocycles. The SMILES string of the molecule is CCCC/C=C\C/C=C\CCCCCCCC(=O)O[C@H](COC(=O)CCCCCCC/C=C\CCCCCCC)COC(=O)CCCCCCCCCCCCCCCCCCCC. The van der Waals surface area contributed by atoms with Crippen molar-refractivity contribution in [3.63, 3.8) is 0 Å². The number of esters is 3. The van der Waals surface area contributed by atoms with Crippen molar-refractivity contribution >= 4 is 17.9 Å². The summed E-state index contributed by atoms with van der Waals surface area (Å²) in [5.74, 6) is -0.885. The van der Waals surface area contributed by atoms with E-state index in [1.54, 1.807) is 0 Å². The number of ether oxygens (including phenoxy) is 3. The van der Waals surface area contributed by atoms with Crippen molar-refractivity contribution in [3.05, 3.63) is 36.5 Å². The lowest BCUT2D eigenvalue weighted by molar-refractivity contribution is -0.167. The van der Waals surface area contributed by atoms with Crippen molar-refractivity contribution in [3.8, 4) is 0 Å². The van der Waals surface area contributed by atoms with Crippen LogP contribution in [0.25, 0.3) is 0 Å². The van der Waals surface area contributed by atoms with Gasteiger partial charge in [-0.25, -0.2) is 0 Å². The van der Waals surface area contributed by atoms with Gasteiger partial charge in [0.15, 0.2) is 6.10 Å². The Hall–Kier alpha value is -2.37. The van der Waals surface area contributed by atoms with Crippen molar-refractivity contribution in [2.75, 3.05) is 13.2 Å². The third-order valence-corrected chi connectivity index (χ3v) is 12.4. The van der Waals surface area contributed by atoms with E-state index < -0.39 is 6.10 Å². The van der Waals surface area contributed by atoms with Gasteiger partial charge >= 0.3 is 17.9 Å². The Bertz CT molecular complexity index is 1080. The van der Waals surface area contributed by atoms with Gasteiger partial charge in [0.1, 0.15) is 13.2 Å². The van der Waals surface area contributed by atoms with Crippen molar-refractivity contribution in [2.45, 2.75) is 303 Å². The highest BCUT2D eigenvalue weighted by Gasteiger charge is 2.19. The van der Waals surface area contributed by atoms with Crippen LogP contribution in [0.5, 0.6) is 0 Å². The fourth-order valence-electron chi connectivity index (χ4n) is 8.10. The number of hydrogen-bond donors (Lipinski definition) is 0. The molecule has 6 heteroatoms. The van der Waals surface area contributed by atoms with Crippen LogP contribution in [0.15, 0.2) is 36.5 Å². The molecule has 0 aliphatic heterocycles. The van der Waals surface area contributed by atoms with Gasteiger partial charge in [0, 0.05) is 19.3 Å². The summed E-state index contributed by atoms with van der Waals surface area (Å²) in [5.41, 5.74) is 0. The van der Waals surface area contributed by atoms with Crippen LogP contribution in [0.4, 0.5) is 0 Å². The van der Waals surface area contributed by atoms with Crippen molar-refractivity contribution in [2.24, 2.45) is 0 Å². The van der Waals surface area contributed by atoms with E-state index in [1.165, 1.54) is 167 Å². The van der Waals surface area contributed by atoms with Gasteiger partial charge in [0.05, 0.1) is 0 Å². The Balaban J connectivity index is 4.34. The van der Waals surface area contributed by atoms with Crippen LogP contribution < -0.4 is 0 Å². The molecular weight excluding hydrogens is 793 g/mol. The van der Waals surface area contributed by atoms with Gasteiger partial charge in [-0.1, -0.05) is 243 Å². The number of rotatable bonds is 51. The van der Waals surface area contributed by atoms with Gasteiger partial charge in [-0.15, -0.1) is 0 Å². The molecular formula is C58H106O6. The smallest absolute Gasteiger partial charge is 0.306 e. The second kappa shape index (κ2) is 53.2. The minimum absolute atomic E-state index is 0.0771. The summed E-state index contributed by atoms with van der Waals surface area (Å²) in [6.07, 6.45) is 62.7. The highest BCUT2D eigenvalue weighted by atomic mass is 16.6. The fourth-order valence-corrected chi connectivity index (χ4v) is 8.10. The number of hydrogen-bond acceptors (Lipinski definition) is 6. The third-order valence-electron chi connectivity index (χ3n) is 12.4. The molecule has 0 aromatic rings. The van der Waals surface area contributed by atoms with Gasteiger partial charge in [0.25, 0.3) is 0 Å². The number of allylic oxidation sites excluding steroid dienone is 6. The average Bonchev–Trinajstić information content (AvgIpc) is 3.29. The standard InChI is InChI=1S/C58H106O6/c1-4-7-10-13-16-19-22-25-28-29-30-31-34-36-39-42-45-48-51-57(60)63-54-55(64-58(61)52-49-46-43-40-37-33-27-24-21-18-15-12-9-6-3)53-62-56(59)50-47-44-41-38-35-32-26-23-20-17-14-11-8-5-2/h15,18,23-24,26-27,55H,4-14,16-17,19-22,25,28-54H2,1-3H3/b18-15-,26-23-,27-24-/t55-/m1/s1. The van der Waals surface area contributed by atoms with Gasteiger partial charge in [-0.05, 0) is 70.6 Å². The summed E-state index contributed by atoms with van der Waals surface area (Å²) in [4.78, 5) is 38.1. The summed E-state index contributed by atoms with van der Waals surface area (Å²) in [6, 6.07) is 0. The summed E-state index contributed by atoms with van der Waals surface area (Å²) in [6.45, 7) is 6.61. The van der Waals surface area contributed by atoms with Crippen LogP contribution in [0.2, 0.25) is 0 Å². The predicted octanol–water partition coefficient (Wildman–Crippen LogP) is 18.5. The lowest BCUT2D eigenvalue weighted by Gasteiger charge is -2.18. The normalized spacial score (nSPS) is 12.2. The number of carbonyl (C=O) groups excluding carboxylic acids is 3. The molecule has 6 nitrogen and oxygen atoms in total. The first-order valence-electron chi connectivity index (χ1n) is 28.0. The summed E-state index contributed by atoms with van der Waals surface area (Å²) in [7, 11) is 0. The highest BCUT2D eigenvalue weighted by molar-refractivity contribution is 5.71. The molecule has 0 aromatic heterocycles. The average molecular weight is 899 g/mol. The van der Waals surface area contributed by atoms with Crippen LogP contribution in [0.3, 0.4) is 0 Å². The van der Waals surface area contributed by atoms with E-state index >= 15 is 0 Å². The molecule has 0 unspecified atom stereocenters. The molecule has 0 N–H and O–H groups in total. The Morgan fingerprint density at radius 1 is 0.312 bits per heavy atom. The van der Waals surface area contributed by atoms with Crippen LogP contribution in [-0.4, -0.2) is 37.2 Å². The van der Waals surface area contributed by atoms with Gasteiger partial charge in [-0.3, -0.25) is 14.4 Å². The van der Waals surface area contributed by atoms with Crippen LogP contribution in [0.1, 0.15) is 297 Å². The summed E-state index contributed by atoms with van der Waals surface area (Å²) in [5, 5.41) is 0. The first-order chi connectivity index (χ1) is 31.5. The minimum Gasteiger partial charge on any atom is -0.462 e. The van der Waals surface area contributed by atoms with E-state index in [0.29, 0.717) is 19.3 Å². The molecule has 0 saturated heterocycles. The summed E-state index contributed by atoms with van der Waals surface area (Å²) < 4.78 is 16.8. The maximum atomic E-state index is 12.8. The van der Waals surface area contributed by atoms with E-state index in [2.05, 4.69) is 57.2 Å². The second-order valence-corrected chi connectivity index (χ2v) is 18.8. The lowest BCUT2D eigenvalue weighted by Crippen LogP contribution is -2.30. The zero-order valence-electron chi connectivity index (χ0n) is 42.8. The molecule has 1 atom stereocenters. The zero-order chi connectivity index (χ0) is 46.5. The first-order valence-corrected chi connectivity index (χ1v) is 28.0. The van der Waals surface area contributed by atoms with Crippen LogP contribution >= 0.6 is 0 Å². The molecule has 0 fully saturated rings. The Morgan fingerprint density at radius 3 is 0.922 bits per heavy atom. The second-order valence-electron chi connectivity index (χ2n) is 18.8. The Morgan fingerprint density at radius 2 is 0.578 bits per heavy atom. The summed E-state index contributed by atoms with van der Waals surface area (Å²) >= 11 is 0. The topological polar surface area (TPSA) is 78.9 Å². The number of unbranched alkanes of at least 4 members (excludes halogenated alkanes) is 34. The quantitative estimate of drug-likeness (QED) is 0.0262. The van der Waals surface area contributed by atoms with Crippen LogP contribution in [0, 0.1) is 0 Å². The van der Waals surface area contributed by atoms with Crippen molar-refractivity contribution < 1.29 is 28.6 Å². The monoisotopic (exact) mass is 899 g/mol. The van der Waals surface area contributed by atoms with E-state index in [1.807, 2.05) is 0 Å². The Labute approximate surface area is 397 Å². The third kappa shape index (κ3) is 50.6. The molecule has 374 valence electrons. The molecule has 0 aromatic carbocycles. The molecule has 0 bridgehead atoms. The van der Waals surface area contributed by atoms with Gasteiger partial charge in [0.2, 0.25) is 0 Å². The molecule has 0 aliphatic carbocycles. The van der Waals surface area contributed by atoms with Gasteiger partial charge in [-0.2, -0.15) is 0 Å². The van der Waals surface area contributed by atoms with E-state index in [4.69, 9.17) is 14.2 Å². The molecule has 0 saturated carbocycles. The maximum absolute atomic E-state index is 12.8. The molecule has 0 radical (unpaired) electrons. The highest BCUT2D eigenvalue weighted by Crippen LogP contribution is 2.16. The zero-order valence-corrected chi connectivity index (χ0v) is 42.8.